The second-order valence-corrected chi connectivity index (χ2v) is 5.48. The van der Waals surface area contributed by atoms with Crippen LogP contribution in [0.3, 0.4) is 0 Å². The van der Waals surface area contributed by atoms with E-state index in [-0.39, 0.29) is 5.69 Å². The summed E-state index contributed by atoms with van der Waals surface area (Å²) in [5, 5.41) is 11.8. The third kappa shape index (κ3) is 3.01. The fourth-order valence-electron chi connectivity index (χ4n) is 1.62. The van der Waals surface area contributed by atoms with Crippen LogP contribution in [0.1, 0.15) is 42.8 Å². The van der Waals surface area contributed by atoms with Gasteiger partial charge in [-0.2, -0.15) is 5.10 Å². The summed E-state index contributed by atoms with van der Waals surface area (Å²) >= 11 is 0. The zero-order chi connectivity index (χ0) is 14.9. The molecule has 8 nitrogen and oxygen atoms in total. The zero-order valence-corrected chi connectivity index (χ0v) is 12.3. The number of carbonyl (C=O) groups excluding carboxylic acids is 1. The molecule has 2 aromatic rings. The normalized spacial score (nSPS) is 11.7. The van der Waals surface area contributed by atoms with Crippen LogP contribution in [0.5, 0.6) is 0 Å². The summed E-state index contributed by atoms with van der Waals surface area (Å²) in [6.07, 6.45) is 1.47. The van der Waals surface area contributed by atoms with Gasteiger partial charge in [0.25, 0.3) is 0 Å². The molecule has 0 aromatic carbocycles. The molecule has 2 aromatic heterocycles. The van der Waals surface area contributed by atoms with Gasteiger partial charge in [-0.15, -0.1) is 5.10 Å². The topological polar surface area (TPSA) is 87.7 Å². The van der Waals surface area contributed by atoms with Gasteiger partial charge >= 0.3 is 5.97 Å². The van der Waals surface area contributed by atoms with Crippen LogP contribution in [0, 0.1) is 6.92 Å². The second kappa shape index (κ2) is 5.03. The lowest BCUT2D eigenvalue weighted by Crippen LogP contribution is -2.24. The van der Waals surface area contributed by atoms with Crippen molar-refractivity contribution in [3.05, 3.63) is 23.5 Å². The van der Waals surface area contributed by atoms with E-state index in [0.29, 0.717) is 12.2 Å². The van der Waals surface area contributed by atoms with Crippen molar-refractivity contribution in [1.82, 2.24) is 29.8 Å². The Morgan fingerprint density at radius 2 is 2.10 bits per heavy atom. The summed E-state index contributed by atoms with van der Waals surface area (Å²) in [5.41, 5.74) is 0.306. The Kier molecular flexibility index (Phi) is 3.56. The van der Waals surface area contributed by atoms with Crippen molar-refractivity contribution in [1.29, 1.82) is 0 Å². The molecule has 20 heavy (non-hydrogen) atoms. The number of rotatable bonds is 3. The monoisotopic (exact) mass is 278 g/mol. The van der Waals surface area contributed by atoms with Gasteiger partial charge in [-0.05, 0) is 27.7 Å². The molecule has 2 rings (SSSR count). The molecule has 0 radical (unpaired) electrons. The molecule has 8 heteroatoms. The van der Waals surface area contributed by atoms with Crippen molar-refractivity contribution < 1.29 is 9.53 Å². The Balaban J connectivity index is 2.19. The number of aryl methyl sites for hydroxylation is 1. The molecule has 0 saturated carbocycles. The van der Waals surface area contributed by atoms with Gasteiger partial charge in [-0.25, -0.2) is 14.5 Å². The van der Waals surface area contributed by atoms with Crippen LogP contribution in [-0.4, -0.2) is 41.3 Å². The van der Waals surface area contributed by atoms with Crippen LogP contribution in [0.2, 0.25) is 0 Å². The Hall–Kier alpha value is -2.25. The van der Waals surface area contributed by atoms with Crippen molar-refractivity contribution in [2.24, 2.45) is 7.05 Å². The lowest BCUT2D eigenvalue weighted by atomic mass is 10.2. The summed E-state index contributed by atoms with van der Waals surface area (Å²) in [5.74, 6) is 0.257. The van der Waals surface area contributed by atoms with Gasteiger partial charge in [-0.1, -0.05) is 5.21 Å². The summed E-state index contributed by atoms with van der Waals surface area (Å²) in [6.45, 7) is 7.60. The van der Waals surface area contributed by atoms with E-state index >= 15 is 0 Å². The van der Waals surface area contributed by atoms with Crippen LogP contribution in [0.25, 0.3) is 0 Å². The van der Waals surface area contributed by atoms with Crippen LogP contribution >= 0.6 is 0 Å². The molecule has 0 saturated heterocycles. The lowest BCUT2D eigenvalue weighted by molar-refractivity contribution is 0.00619. The van der Waals surface area contributed by atoms with Gasteiger partial charge in [0.1, 0.15) is 24.3 Å². The molecule has 2 heterocycles. The SMILES string of the molecule is Cc1c(C(=O)OC(C)(C)C)nnn1Cc1ncnn1C. The van der Waals surface area contributed by atoms with E-state index in [4.69, 9.17) is 4.74 Å². The summed E-state index contributed by atoms with van der Waals surface area (Å²) in [4.78, 5) is 16.1. The lowest BCUT2D eigenvalue weighted by Gasteiger charge is -2.18. The largest absolute Gasteiger partial charge is 0.455 e. The Bertz CT molecular complexity index is 622. The van der Waals surface area contributed by atoms with E-state index < -0.39 is 11.6 Å². The average Bonchev–Trinajstić information content (AvgIpc) is 2.86. The third-order valence-electron chi connectivity index (χ3n) is 2.67. The van der Waals surface area contributed by atoms with Gasteiger partial charge in [0.15, 0.2) is 5.69 Å². The van der Waals surface area contributed by atoms with Crippen molar-refractivity contribution >= 4 is 5.97 Å². The highest BCUT2D eigenvalue weighted by Crippen LogP contribution is 2.13. The van der Waals surface area contributed by atoms with Gasteiger partial charge < -0.3 is 4.74 Å². The number of aromatic nitrogens is 6. The number of hydrogen-bond donors (Lipinski definition) is 0. The van der Waals surface area contributed by atoms with E-state index in [0.717, 1.165) is 5.82 Å². The third-order valence-corrected chi connectivity index (χ3v) is 2.67. The molecule has 0 bridgehead atoms. The zero-order valence-electron chi connectivity index (χ0n) is 12.3. The van der Waals surface area contributed by atoms with Crippen LogP contribution in [-0.2, 0) is 18.3 Å². The molecule has 0 aliphatic heterocycles. The summed E-state index contributed by atoms with van der Waals surface area (Å²) < 4.78 is 8.54. The molecule has 0 spiro atoms. The van der Waals surface area contributed by atoms with Crippen LogP contribution < -0.4 is 0 Å². The number of ether oxygens (including phenoxy) is 1. The fraction of sp³-hybridized carbons (Fsp3) is 0.583. The Labute approximate surface area is 116 Å². The molecule has 0 amide bonds. The first kappa shape index (κ1) is 14.2. The number of nitrogens with zero attached hydrogens (tertiary/aromatic N) is 6. The maximum Gasteiger partial charge on any atom is 0.361 e. The van der Waals surface area contributed by atoms with E-state index in [1.165, 1.54) is 6.33 Å². The minimum atomic E-state index is -0.559. The van der Waals surface area contributed by atoms with Crippen molar-refractivity contribution in [2.45, 2.75) is 39.8 Å². The molecular weight excluding hydrogens is 260 g/mol. The highest BCUT2D eigenvalue weighted by Gasteiger charge is 2.23. The maximum atomic E-state index is 12.0. The van der Waals surface area contributed by atoms with Crippen molar-refractivity contribution in [2.75, 3.05) is 0 Å². The minimum Gasteiger partial charge on any atom is -0.455 e. The standard InChI is InChI=1S/C12H18N6O2/c1-8-10(11(19)20-12(2,3)4)15-16-18(8)6-9-13-7-14-17(9)5/h7H,6H2,1-5H3. The quantitative estimate of drug-likeness (QED) is 0.769. The van der Waals surface area contributed by atoms with Gasteiger partial charge in [-0.3, -0.25) is 4.68 Å². The smallest absolute Gasteiger partial charge is 0.361 e. The van der Waals surface area contributed by atoms with E-state index in [2.05, 4.69) is 20.4 Å². The van der Waals surface area contributed by atoms with Crippen molar-refractivity contribution in [3.63, 3.8) is 0 Å². The van der Waals surface area contributed by atoms with Crippen molar-refractivity contribution in [3.8, 4) is 0 Å². The molecule has 0 aliphatic carbocycles. The molecule has 0 atom stereocenters. The molecular formula is C12H18N6O2. The summed E-state index contributed by atoms with van der Waals surface area (Å²) in [6, 6.07) is 0. The maximum absolute atomic E-state index is 12.0. The van der Waals surface area contributed by atoms with Gasteiger partial charge in [0.05, 0.1) is 5.69 Å². The average molecular weight is 278 g/mol. The molecule has 0 unspecified atom stereocenters. The molecule has 0 N–H and O–H groups in total. The number of hydrogen-bond acceptors (Lipinski definition) is 6. The van der Waals surface area contributed by atoms with Gasteiger partial charge in [0.2, 0.25) is 0 Å². The fourth-order valence-corrected chi connectivity index (χ4v) is 1.62. The van der Waals surface area contributed by atoms with Gasteiger partial charge in [0, 0.05) is 7.05 Å². The minimum absolute atomic E-state index is 0.224. The second-order valence-electron chi connectivity index (χ2n) is 5.48. The highest BCUT2D eigenvalue weighted by molar-refractivity contribution is 5.88. The first-order valence-electron chi connectivity index (χ1n) is 6.24. The van der Waals surface area contributed by atoms with E-state index in [1.807, 2.05) is 20.8 Å². The predicted octanol–water partition coefficient (Wildman–Crippen LogP) is 0.719. The van der Waals surface area contributed by atoms with Crippen LogP contribution in [0.4, 0.5) is 0 Å². The number of esters is 1. The molecule has 0 fully saturated rings. The predicted molar refractivity (Wildman–Crippen MR) is 70.0 cm³/mol. The Morgan fingerprint density at radius 1 is 1.40 bits per heavy atom. The summed E-state index contributed by atoms with van der Waals surface area (Å²) in [7, 11) is 1.80. The highest BCUT2D eigenvalue weighted by atomic mass is 16.6. The van der Waals surface area contributed by atoms with E-state index in [1.54, 1.807) is 23.3 Å². The number of carbonyl (C=O) groups is 1. The Morgan fingerprint density at radius 3 is 2.65 bits per heavy atom. The van der Waals surface area contributed by atoms with Crippen LogP contribution in [0.15, 0.2) is 6.33 Å². The van der Waals surface area contributed by atoms with E-state index in [9.17, 15) is 4.79 Å². The first-order valence-corrected chi connectivity index (χ1v) is 6.24. The molecule has 108 valence electrons. The molecule has 0 aliphatic rings. The first-order chi connectivity index (χ1) is 9.28.